The molecule has 0 fully saturated rings. The molecule has 0 rings (SSSR count). The van der Waals surface area contributed by atoms with Crippen LogP contribution in [0.3, 0.4) is 0 Å². The summed E-state index contributed by atoms with van der Waals surface area (Å²) < 4.78 is 82.4. The molecule has 0 heterocycles. The van der Waals surface area contributed by atoms with Crippen LogP contribution in [-0.2, 0) is 61.8 Å². The van der Waals surface area contributed by atoms with E-state index in [0.717, 1.165) is 38.8 Å². The molecule has 0 saturated carbocycles. The van der Waals surface area contributed by atoms with Crippen molar-refractivity contribution in [2.75, 3.05) is 139 Å². The van der Waals surface area contributed by atoms with Gasteiger partial charge in [0.25, 0.3) is 0 Å². The number of aliphatic carboxylic acids is 1. The number of nitrogens with one attached hydrogen (secondary N) is 2. The molecule has 89 heavy (non-hydrogen) atoms. The highest BCUT2D eigenvalue weighted by Crippen LogP contribution is 2.16. The van der Waals surface area contributed by atoms with Crippen LogP contribution in [0.5, 0.6) is 0 Å². The van der Waals surface area contributed by atoms with Crippen LogP contribution < -0.4 is 10.6 Å². The molecular weight excluding hydrogens is 1150 g/mol. The maximum atomic E-state index is 13.8. The van der Waals surface area contributed by atoms with Crippen LogP contribution in [0.4, 0.5) is 13.2 Å². The van der Waals surface area contributed by atoms with E-state index in [1.807, 2.05) is 4.90 Å². The van der Waals surface area contributed by atoms with Crippen molar-refractivity contribution >= 4 is 23.8 Å². The average molecular weight is 1280 g/mol. The summed E-state index contributed by atoms with van der Waals surface area (Å²) >= 11 is 0. The predicted molar refractivity (Wildman–Crippen MR) is 351 cm³/mol. The molecule has 0 saturated heterocycles. The molecule has 0 aliphatic heterocycles. The fraction of sp³-hybridized carbons (Fsp3) is 0.884. The molecule has 1 amide bonds. The minimum Gasteiger partial charge on any atom is -0.475 e. The lowest BCUT2D eigenvalue weighted by molar-refractivity contribution is -0.192. The minimum atomic E-state index is -5.08. The molecule has 0 aromatic rings. The van der Waals surface area contributed by atoms with Gasteiger partial charge in [0.1, 0.15) is 13.2 Å². The number of nitrogens with zero attached hydrogens (tertiary/aromatic N) is 1. The molecule has 1 atom stereocenters. The third-order valence-electron chi connectivity index (χ3n) is 14.5. The number of rotatable bonds is 69. The number of hydrogen-bond donors (Lipinski definition) is 3. The first-order valence-electron chi connectivity index (χ1n) is 35.0. The van der Waals surface area contributed by atoms with Gasteiger partial charge in [-0.3, -0.25) is 14.4 Å². The van der Waals surface area contributed by atoms with Crippen LogP contribution in [0.25, 0.3) is 0 Å². The third-order valence-corrected chi connectivity index (χ3v) is 14.5. The van der Waals surface area contributed by atoms with E-state index in [9.17, 15) is 27.6 Å². The van der Waals surface area contributed by atoms with Gasteiger partial charge >= 0.3 is 24.1 Å². The summed E-state index contributed by atoms with van der Waals surface area (Å²) in [6, 6.07) is 0. The Morgan fingerprint density at radius 3 is 1.22 bits per heavy atom. The second-order valence-electron chi connectivity index (χ2n) is 22.8. The summed E-state index contributed by atoms with van der Waals surface area (Å²) in [5.41, 5.74) is 0. The Balaban J connectivity index is 0. The van der Waals surface area contributed by atoms with Gasteiger partial charge in [-0.15, -0.1) is 0 Å². The topological polar surface area (TPSA) is 199 Å². The molecule has 0 aliphatic rings. The number of methoxy groups -OCH3 is 1. The minimum absolute atomic E-state index is 0.0116. The molecule has 0 aromatic carbocycles. The number of carboxylic acid groups (broad SMARTS) is 1. The predicted octanol–water partition coefficient (Wildman–Crippen LogP) is 14.7. The zero-order valence-electron chi connectivity index (χ0n) is 56.6. The molecule has 0 radical (unpaired) electrons. The fourth-order valence-electron chi connectivity index (χ4n) is 9.25. The van der Waals surface area contributed by atoms with Crippen LogP contribution in [0.1, 0.15) is 245 Å². The van der Waals surface area contributed by atoms with E-state index in [4.69, 9.17) is 52.5 Å². The highest BCUT2D eigenvalue weighted by atomic mass is 19.4. The van der Waals surface area contributed by atoms with Crippen molar-refractivity contribution in [2.24, 2.45) is 0 Å². The number of allylic oxidation sites excluding steroid dienone is 4. The number of ether oxygens (including phenoxy) is 9. The Morgan fingerprint density at radius 1 is 0.438 bits per heavy atom. The van der Waals surface area contributed by atoms with Crippen molar-refractivity contribution in [3.63, 3.8) is 0 Å². The first-order chi connectivity index (χ1) is 43.4. The lowest BCUT2D eigenvalue weighted by atomic mass is 10.1. The van der Waals surface area contributed by atoms with Crippen molar-refractivity contribution in [2.45, 2.75) is 258 Å². The summed E-state index contributed by atoms with van der Waals surface area (Å²) in [5, 5.41) is 12.9. The zero-order chi connectivity index (χ0) is 65.5. The summed E-state index contributed by atoms with van der Waals surface area (Å²) in [4.78, 5) is 48.3. The van der Waals surface area contributed by atoms with Gasteiger partial charge in [-0.05, 0) is 70.6 Å². The van der Waals surface area contributed by atoms with Gasteiger partial charge in [0.2, 0.25) is 5.91 Å². The average Bonchev–Trinajstić information content (AvgIpc) is 3.67. The van der Waals surface area contributed by atoms with Gasteiger partial charge < -0.3 is 63.3 Å². The number of amides is 1. The number of alkyl halides is 3. The monoisotopic (exact) mass is 1280 g/mol. The first-order valence-corrected chi connectivity index (χ1v) is 35.0. The molecule has 0 aromatic heterocycles. The lowest BCUT2D eigenvalue weighted by Crippen LogP contribution is -2.41. The van der Waals surface area contributed by atoms with Crippen LogP contribution in [0.2, 0.25) is 0 Å². The van der Waals surface area contributed by atoms with Crippen LogP contribution >= 0.6 is 0 Å². The van der Waals surface area contributed by atoms with Gasteiger partial charge in [0, 0.05) is 46.5 Å². The summed E-state index contributed by atoms with van der Waals surface area (Å²) in [6.45, 7) is 14.9. The molecule has 0 spiro atoms. The number of carbonyl (C=O) groups excluding carboxylic acids is 3. The zero-order valence-corrected chi connectivity index (χ0v) is 56.6. The summed E-state index contributed by atoms with van der Waals surface area (Å²) in [5.74, 6) is -3.43. The number of carboxylic acids is 1. The van der Waals surface area contributed by atoms with Gasteiger partial charge in [-0.1, -0.05) is 193 Å². The van der Waals surface area contributed by atoms with Crippen molar-refractivity contribution < 1.29 is 80.1 Å². The number of hydrogen-bond acceptors (Lipinski definition) is 15. The smallest absolute Gasteiger partial charge is 0.475 e. The highest BCUT2D eigenvalue weighted by molar-refractivity contribution is 5.76. The Hall–Kier alpha value is -3.21. The largest absolute Gasteiger partial charge is 0.490 e. The van der Waals surface area contributed by atoms with Crippen LogP contribution in [0.15, 0.2) is 24.3 Å². The second-order valence-corrected chi connectivity index (χ2v) is 22.8. The highest BCUT2D eigenvalue weighted by Gasteiger charge is 2.38. The molecule has 20 heteroatoms. The van der Waals surface area contributed by atoms with E-state index in [1.54, 1.807) is 7.11 Å². The van der Waals surface area contributed by atoms with E-state index in [2.05, 4.69) is 55.7 Å². The van der Waals surface area contributed by atoms with Crippen LogP contribution in [-0.4, -0.2) is 185 Å². The molecule has 1 unspecified atom stereocenters. The number of unbranched alkanes of at least 4 members (excludes halogenated alkanes) is 29. The second kappa shape index (κ2) is 72.2. The van der Waals surface area contributed by atoms with Gasteiger partial charge in [-0.25, -0.2) is 4.79 Å². The Labute approximate surface area is 538 Å². The van der Waals surface area contributed by atoms with E-state index in [-0.39, 0.29) is 50.9 Å². The van der Waals surface area contributed by atoms with Gasteiger partial charge in [-0.2, -0.15) is 13.2 Å². The molecule has 0 bridgehead atoms. The quantitative estimate of drug-likeness (QED) is 0.0295. The molecule has 526 valence electrons. The SMILES string of the molecule is CCCCCCCC/C=C\CCCCCCCCOCC(CN(CCCCCCCC)C(=O)CCOCCOCCOCCOCCOC(=O)CNCCOC(=O)CNCCOC)OCCCCCCCC/C=C\CCCCCCCC.O=C(O)C(F)(F)F. The molecule has 0 aliphatic carbocycles. The van der Waals surface area contributed by atoms with Gasteiger partial charge in [0.05, 0.1) is 91.7 Å². The van der Waals surface area contributed by atoms with Crippen molar-refractivity contribution in [1.29, 1.82) is 0 Å². The normalized spacial score (nSPS) is 12.0. The number of esters is 2. The van der Waals surface area contributed by atoms with E-state index >= 15 is 0 Å². The van der Waals surface area contributed by atoms with Gasteiger partial charge in [0.15, 0.2) is 0 Å². The first kappa shape index (κ1) is 87.8. The van der Waals surface area contributed by atoms with Crippen LogP contribution in [0, 0.1) is 0 Å². The maximum Gasteiger partial charge on any atom is 0.490 e. The summed E-state index contributed by atoms with van der Waals surface area (Å²) in [7, 11) is 1.59. The maximum absolute atomic E-state index is 13.8. The summed E-state index contributed by atoms with van der Waals surface area (Å²) in [6.07, 6.45) is 47.7. The van der Waals surface area contributed by atoms with E-state index in [1.165, 1.54) is 193 Å². The van der Waals surface area contributed by atoms with Crippen molar-refractivity contribution in [1.82, 2.24) is 15.5 Å². The number of carbonyl (C=O) groups is 4. The van der Waals surface area contributed by atoms with E-state index in [0.29, 0.717) is 92.1 Å². The molecular formula is C69H130F3N3O14. The third kappa shape index (κ3) is 72.1. The Kier molecular flexibility index (Phi) is 71.3. The van der Waals surface area contributed by atoms with E-state index < -0.39 is 18.1 Å². The molecule has 17 nitrogen and oxygen atoms in total. The lowest BCUT2D eigenvalue weighted by Gasteiger charge is -2.28. The Morgan fingerprint density at radius 2 is 0.798 bits per heavy atom. The number of halogens is 3. The fourth-order valence-corrected chi connectivity index (χ4v) is 9.25. The Bertz CT molecular complexity index is 1580. The standard InChI is InChI=1S/C67H129N3O12.C2HF3O2/c1-5-8-11-14-17-19-21-23-25-27-29-31-33-35-38-41-47-79-63-64(80-48-42-39-36-34-32-30-28-26-24-22-20-18-15-12-9-6-2)62-70(46-40-37-16-13-10-7-3)65(71)43-49-75-52-53-76-54-55-77-56-57-78-58-59-82-67(73)61-69-45-51-81-66(72)60-68-44-50-74-4;3-2(4,5)1(6)7/h23-26,64,68-69H,5-22,27-63H2,1-4H3;(H,6,7)/b25-23-,26-24-;. The van der Waals surface area contributed by atoms with Crippen molar-refractivity contribution in [3.05, 3.63) is 24.3 Å². The molecule has 3 N–H and O–H groups in total. The van der Waals surface area contributed by atoms with Crippen molar-refractivity contribution in [3.8, 4) is 0 Å².